The first-order valence-electron chi connectivity index (χ1n) is 6.07. The van der Waals surface area contributed by atoms with E-state index in [1.807, 2.05) is 30.3 Å². The van der Waals surface area contributed by atoms with E-state index in [4.69, 9.17) is 5.73 Å². The quantitative estimate of drug-likeness (QED) is 0.784. The van der Waals surface area contributed by atoms with Crippen LogP contribution in [-0.2, 0) is 0 Å². The second kappa shape index (κ2) is 6.19. The van der Waals surface area contributed by atoms with Crippen LogP contribution in [0.3, 0.4) is 0 Å². The number of benzene rings is 1. The van der Waals surface area contributed by atoms with Gasteiger partial charge < -0.3 is 16.4 Å². The SMILES string of the molecule is CCCNc1nc(N)c(C(=O)Nc2ccccc2)s1. The Bertz CT molecular complexity index is 553. The highest BCUT2D eigenvalue weighted by atomic mass is 32.1. The van der Waals surface area contributed by atoms with E-state index in [2.05, 4.69) is 22.5 Å². The molecular weight excluding hydrogens is 260 g/mol. The maximum absolute atomic E-state index is 12.1. The van der Waals surface area contributed by atoms with E-state index >= 15 is 0 Å². The maximum Gasteiger partial charge on any atom is 0.269 e. The van der Waals surface area contributed by atoms with E-state index in [1.54, 1.807) is 0 Å². The average Bonchev–Trinajstić information content (AvgIpc) is 2.79. The largest absolute Gasteiger partial charge is 0.382 e. The minimum Gasteiger partial charge on any atom is -0.382 e. The molecule has 0 fully saturated rings. The summed E-state index contributed by atoms with van der Waals surface area (Å²) in [4.78, 5) is 16.6. The Morgan fingerprint density at radius 3 is 2.79 bits per heavy atom. The molecule has 4 N–H and O–H groups in total. The number of nitrogens with two attached hydrogens (primary N) is 1. The summed E-state index contributed by atoms with van der Waals surface area (Å²) in [5.41, 5.74) is 6.51. The van der Waals surface area contributed by atoms with Gasteiger partial charge in [0.05, 0.1) is 0 Å². The van der Waals surface area contributed by atoms with Crippen LogP contribution in [0.5, 0.6) is 0 Å². The number of para-hydroxylation sites is 1. The lowest BCUT2D eigenvalue weighted by Gasteiger charge is -2.02. The van der Waals surface area contributed by atoms with Crippen molar-refractivity contribution in [3.05, 3.63) is 35.2 Å². The van der Waals surface area contributed by atoms with Crippen LogP contribution >= 0.6 is 11.3 Å². The molecule has 0 radical (unpaired) electrons. The number of aromatic nitrogens is 1. The predicted octanol–water partition coefficient (Wildman–Crippen LogP) is 2.80. The molecule has 0 saturated heterocycles. The molecule has 0 bridgehead atoms. The van der Waals surface area contributed by atoms with Gasteiger partial charge in [0.1, 0.15) is 10.7 Å². The molecule has 2 rings (SSSR count). The van der Waals surface area contributed by atoms with Crippen LogP contribution < -0.4 is 16.4 Å². The molecule has 0 saturated carbocycles. The molecule has 2 aromatic rings. The smallest absolute Gasteiger partial charge is 0.269 e. The summed E-state index contributed by atoms with van der Waals surface area (Å²) in [6, 6.07) is 9.26. The second-order valence-corrected chi connectivity index (χ2v) is 4.98. The average molecular weight is 276 g/mol. The summed E-state index contributed by atoms with van der Waals surface area (Å²) in [5, 5.41) is 6.59. The van der Waals surface area contributed by atoms with Crippen molar-refractivity contribution in [1.29, 1.82) is 0 Å². The number of carbonyl (C=O) groups is 1. The maximum atomic E-state index is 12.1. The number of hydrogen-bond acceptors (Lipinski definition) is 5. The van der Waals surface area contributed by atoms with E-state index in [9.17, 15) is 4.79 Å². The van der Waals surface area contributed by atoms with Gasteiger partial charge in [0.15, 0.2) is 5.13 Å². The van der Waals surface area contributed by atoms with Crippen LogP contribution in [0.4, 0.5) is 16.6 Å². The van der Waals surface area contributed by atoms with Gasteiger partial charge in [0, 0.05) is 12.2 Å². The normalized spacial score (nSPS) is 10.2. The first kappa shape index (κ1) is 13.4. The van der Waals surface area contributed by atoms with Crippen molar-refractivity contribution in [2.24, 2.45) is 0 Å². The third kappa shape index (κ3) is 3.45. The lowest BCUT2D eigenvalue weighted by atomic mass is 10.3. The summed E-state index contributed by atoms with van der Waals surface area (Å²) in [6.45, 7) is 2.87. The molecule has 100 valence electrons. The van der Waals surface area contributed by atoms with Crippen molar-refractivity contribution < 1.29 is 4.79 Å². The van der Waals surface area contributed by atoms with Gasteiger partial charge in [-0.2, -0.15) is 0 Å². The fourth-order valence-corrected chi connectivity index (χ4v) is 2.32. The number of carbonyl (C=O) groups excluding carboxylic acids is 1. The number of rotatable bonds is 5. The van der Waals surface area contributed by atoms with Crippen molar-refractivity contribution in [1.82, 2.24) is 4.98 Å². The molecule has 0 aliphatic carbocycles. The number of nitrogens with one attached hydrogen (secondary N) is 2. The van der Waals surface area contributed by atoms with Gasteiger partial charge >= 0.3 is 0 Å². The van der Waals surface area contributed by atoms with E-state index in [-0.39, 0.29) is 11.7 Å². The number of nitrogen functional groups attached to an aromatic ring is 1. The zero-order valence-electron chi connectivity index (χ0n) is 10.6. The Labute approximate surface area is 115 Å². The van der Waals surface area contributed by atoms with Crippen LogP contribution in [0.2, 0.25) is 0 Å². The highest BCUT2D eigenvalue weighted by Crippen LogP contribution is 2.25. The molecule has 19 heavy (non-hydrogen) atoms. The van der Waals surface area contributed by atoms with Gasteiger partial charge in [-0.25, -0.2) is 4.98 Å². The molecule has 5 nitrogen and oxygen atoms in total. The lowest BCUT2D eigenvalue weighted by molar-refractivity contribution is 0.103. The van der Waals surface area contributed by atoms with Crippen LogP contribution in [0.1, 0.15) is 23.0 Å². The van der Waals surface area contributed by atoms with Crippen LogP contribution in [0, 0.1) is 0 Å². The second-order valence-electron chi connectivity index (χ2n) is 3.98. The van der Waals surface area contributed by atoms with E-state index in [1.165, 1.54) is 11.3 Å². The Hall–Kier alpha value is -2.08. The monoisotopic (exact) mass is 276 g/mol. The van der Waals surface area contributed by atoms with Crippen molar-refractivity contribution in [3.63, 3.8) is 0 Å². The first-order chi connectivity index (χ1) is 9.20. The fourth-order valence-electron chi connectivity index (χ4n) is 1.51. The zero-order chi connectivity index (χ0) is 13.7. The number of anilines is 3. The van der Waals surface area contributed by atoms with Gasteiger partial charge in [-0.15, -0.1) is 0 Å². The summed E-state index contributed by atoms with van der Waals surface area (Å²) < 4.78 is 0. The van der Waals surface area contributed by atoms with Gasteiger partial charge in [-0.1, -0.05) is 36.5 Å². The molecule has 0 unspecified atom stereocenters. The number of hydrogen-bond donors (Lipinski definition) is 3. The molecule has 0 spiro atoms. The van der Waals surface area contributed by atoms with E-state index in [0.717, 1.165) is 18.7 Å². The lowest BCUT2D eigenvalue weighted by Crippen LogP contribution is -2.11. The minimum atomic E-state index is -0.231. The van der Waals surface area contributed by atoms with E-state index < -0.39 is 0 Å². The van der Waals surface area contributed by atoms with Crippen LogP contribution in [-0.4, -0.2) is 17.4 Å². The minimum absolute atomic E-state index is 0.231. The van der Waals surface area contributed by atoms with Crippen molar-refractivity contribution >= 4 is 33.9 Å². The summed E-state index contributed by atoms with van der Waals surface area (Å²) in [5.74, 6) is 0.0304. The first-order valence-corrected chi connectivity index (χ1v) is 6.89. The molecule has 0 atom stereocenters. The zero-order valence-corrected chi connectivity index (χ0v) is 11.5. The van der Waals surface area contributed by atoms with E-state index in [0.29, 0.717) is 10.0 Å². The highest BCUT2D eigenvalue weighted by molar-refractivity contribution is 7.18. The van der Waals surface area contributed by atoms with Crippen LogP contribution in [0.15, 0.2) is 30.3 Å². The third-order valence-electron chi connectivity index (χ3n) is 2.42. The van der Waals surface area contributed by atoms with Gasteiger partial charge in [0.25, 0.3) is 5.91 Å². The molecule has 0 aliphatic heterocycles. The summed E-state index contributed by atoms with van der Waals surface area (Å²) in [6.07, 6.45) is 0.991. The number of thiazole rings is 1. The van der Waals surface area contributed by atoms with Crippen molar-refractivity contribution in [3.8, 4) is 0 Å². The Morgan fingerprint density at radius 1 is 1.37 bits per heavy atom. The Kier molecular flexibility index (Phi) is 4.35. The Morgan fingerprint density at radius 2 is 2.11 bits per heavy atom. The molecule has 1 aromatic carbocycles. The Balaban J connectivity index is 2.08. The van der Waals surface area contributed by atoms with Crippen molar-refractivity contribution in [2.45, 2.75) is 13.3 Å². The summed E-state index contributed by atoms with van der Waals surface area (Å²) >= 11 is 1.27. The topological polar surface area (TPSA) is 80.0 Å². The standard InChI is InChI=1S/C13H16N4OS/c1-2-8-15-13-17-11(14)10(19-13)12(18)16-9-6-4-3-5-7-9/h3-7H,2,8,14H2,1H3,(H,15,17)(H,16,18). The molecular formula is C13H16N4OS. The molecule has 1 heterocycles. The summed E-state index contributed by atoms with van der Waals surface area (Å²) in [7, 11) is 0. The fraction of sp³-hybridized carbons (Fsp3) is 0.231. The third-order valence-corrected chi connectivity index (χ3v) is 3.45. The molecule has 1 aromatic heterocycles. The molecule has 1 amide bonds. The number of amides is 1. The molecule has 6 heteroatoms. The predicted molar refractivity (Wildman–Crippen MR) is 79.7 cm³/mol. The number of nitrogens with zero attached hydrogens (tertiary/aromatic N) is 1. The van der Waals surface area contributed by atoms with Gasteiger partial charge in [-0.05, 0) is 18.6 Å². The van der Waals surface area contributed by atoms with Gasteiger partial charge in [0.2, 0.25) is 0 Å². The van der Waals surface area contributed by atoms with Crippen molar-refractivity contribution in [2.75, 3.05) is 22.9 Å². The van der Waals surface area contributed by atoms with Crippen LogP contribution in [0.25, 0.3) is 0 Å². The molecule has 0 aliphatic rings. The highest BCUT2D eigenvalue weighted by Gasteiger charge is 2.16. The van der Waals surface area contributed by atoms with Gasteiger partial charge in [-0.3, -0.25) is 4.79 Å².